The van der Waals surface area contributed by atoms with Gasteiger partial charge in [-0.1, -0.05) is 29.8 Å². The minimum atomic E-state index is -0.850. The lowest BCUT2D eigenvalue weighted by atomic mass is 10.0. The number of rotatable bonds is 13. The number of methoxy groups -OCH3 is 2. The third-order valence-electron chi connectivity index (χ3n) is 4.66. The number of ether oxygens (including phenoxy) is 2. The first-order valence-electron chi connectivity index (χ1n) is 10.3. The second kappa shape index (κ2) is 13.6. The lowest BCUT2D eigenvalue weighted by molar-refractivity contribution is -0.142. The molecule has 1 aromatic heterocycles. The molecule has 2 N–H and O–H groups in total. The van der Waals surface area contributed by atoms with Gasteiger partial charge < -0.3 is 25.0 Å². The summed E-state index contributed by atoms with van der Waals surface area (Å²) in [6.45, 7) is 3.09. The van der Waals surface area contributed by atoms with E-state index in [1.807, 2.05) is 31.2 Å². The quantitative estimate of drug-likeness (QED) is 0.442. The molecule has 1 aromatic carbocycles. The summed E-state index contributed by atoms with van der Waals surface area (Å²) < 4.78 is 10.2. The van der Waals surface area contributed by atoms with E-state index in [1.165, 1.54) is 23.3 Å². The molecule has 0 aliphatic heterocycles. The number of nitrogens with zero attached hydrogens (tertiary/aromatic N) is 2. The minimum Gasteiger partial charge on any atom is -0.383 e. The first-order chi connectivity index (χ1) is 15.5. The average Bonchev–Trinajstić information content (AvgIpc) is 3.29. The van der Waals surface area contributed by atoms with Crippen LogP contribution in [0.15, 0.2) is 35.8 Å². The Kier molecular flexibility index (Phi) is 10.8. The smallest absolute Gasteiger partial charge is 0.247 e. The Morgan fingerprint density at radius 1 is 1.09 bits per heavy atom. The van der Waals surface area contributed by atoms with Crippen LogP contribution in [0.2, 0.25) is 0 Å². The zero-order valence-electron chi connectivity index (χ0n) is 18.6. The molecule has 0 spiro atoms. The molecule has 1 atom stereocenters. The Hall–Kier alpha value is -2.82. The summed E-state index contributed by atoms with van der Waals surface area (Å²) in [4.78, 5) is 43.9. The van der Waals surface area contributed by atoms with E-state index in [0.717, 1.165) is 5.56 Å². The van der Waals surface area contributed by atoms with Crippen molar-refractivity contribution in [2.24, 2.45) is 0 Å². The lowest BCUT2D eigenvalue weighted by Gasteiger charge is -2.31. The molecular weight excluding hydrogens is 432 g/mol. The molecule has 0 fully saturated rings. The standard InChI is InChI=1S/C22H30N4O5S/c1-16-4-6-17(7-5-16)20(21(29)23-10-13-30-2)26(12-14-31-3)19(28)9-8-18(27)25-22-24-11-15-32-22/h4-7,11,15,20H,8-10,12-14H2,1-3H3,(H,23,29)(H,24,25,27)/t20-/m0/s1. The summed E-state index contributed by atoms with van der Waals surface area (Å²) in [7, 11) is 3.08. The molecule has 0 saturated heterocycles. The third-order valence-corrected chi connectivity index (χ3v) is 5.35. The largest absolute Gasteiger partial charge is 0.383 e. The normalized spacial score (nSPS) is 11.6. The summed E-state index contributed by atoms with van der Waals surface area (Å²) in [6.07, 6.45) is 1.52. The number of anilines is 1. The van der Waals surface area contributed by atoms with Crippen molar-refractivity contribution in [1.82, 2.24) is 15.2 Å². The van der Waals surface area contributed by atoms with E-state index in [1.54, 1.807) is 18.7 Å². The Morgan fingerprint density at radius 3 is 2.44 bits per heavy atom. The summed E-state index contributed by atoms with van der Waals surface area (Å²) >= 11 is 1.30. The number of benzene rings is 1. The molecule has 174 valence electrons. The monoisotopic (exact) mass is 462 g/mol. The summed E-state index contributed by atoms with van der Waals surface area (Å²) in [5.74, 6) is -0.942. The number of carbonyl (C=O) groups is 3. The molecule has 32 heavy (non-hydrogen) atoms. The van der Waals surface area contributed by atoms with Gasteiger partial charge in [-0.15, -0.1) is 11.3 Å². The van der Waals surface area contributed by atoms with Gasteiger partial charge in [0.2, 0.25) is 17.7 Å². The van der Waals surface area contributed by atoms with Gasteiger partial charge in [-0.3, -0.25) is 14.4 Å². The maximum atomic E-state index is 13.1. The highest BCUT2D eigenvalue weighted by Gasteiger charge is 2.31. The molecule has 9 nitrogen and oxygen atoms in total. The number of amides is 3. The highest BCUT2D eigenvalue weighted by Crippen LogP contribution is 2.23. The van der Waals surface area contributed by atoms with Gasteiger partial charge in [0, 0.05) is 51.7 Å². The molecule has 0 radical (unpaired) electrons. The van der Waals surface area contributed by atoms with Gasteiger partial charge in [0.15, 0.2) is 5.13 Å². The molecule has 3 amide bonds. The van der Waals surface area contributed by atoms with Gasteiger partial charge in [-0.25, -0.2) is 4.98 Å². The predicted molar refractivity (Wildman–Crippen MR) is 122 cm³/mol. The fourth-order valence-electron chi connectivity index (χ4n) is 3.01. The first kappa shape index (κ1) is 25.4. The van der Waals surface area contributed by atoms with Gasteiger partial charge in [0.1, 0.15) is 6.04 Å². The van der Waals surface area contributed by atoms with Gasteiger partial charge in [0.25, 0.3) is 0 Å². The Bertz CT molecular complexity index is 858. The third kappa shape index (κ3) is 8.03. The summed E-state index contributed by atoms with van der Waals surface area (Å²) in [5, 5.41) is 7.71. The van der Waals surface area contributed by atoms with Crippen LogP contribution in [-0.4, -0.2) is 68.1 Å². The molecule has 2 rings (SSSR count). The van der Waals surface area contributed by atoms with E-state index in [0.29, 0.717) is 23.8 Å². The van der Waals surface area contributed by atoms with Crippen LogP contribution >= 0.6 is 11.3 Å². The molecule has 0 aliphatic rings. The SMILES string of the molecule is COCCNC(=O)[C@H](c1ccc(C)cc1)N(CCOC)C(=O)CCC(=O)Nc1nccs1. The van der Waals surface area contributed by atoms with Crippen molar-refractivity contribution in [3.63, 3.8) is 0 Å². The number of hydrogen-bond acceptors (Lipinski definition) is 7. The van der Waals surface area contributed by atoms with Crippen LogP contribution in [0, 0.1) is 6.92 Å². The zero-order chi connectivity index (χ0) is 23.3. The second-order valence-corrected chi connectivity index (χ2v) is 7.96. The first-order valence-corrected chi connectivity index (χ1v) is 11.1. The van der Waals surface area contributed by atoms with Crippen molar-refractivity contribution < 1.29 is 23.9 Å². The molecule has 0 unspecified atom stereocenters. The molecule has 1 heterocycles. The van der Waals surface area contributed by atoms with Crippen LogP contribution in [0.4, 0.5) is 5.13 Å². The maximum absolute atomic E-state index is 13.1. The van der Waals surface area contributed by atoms with Gasteiger partial charge >= 0.3 is 0 Å². The molecule has 2 aromatic rings. The van der Waals surface area contributed by atoms with Crippen molar-refractivity contribution in [1.29, 1.82) is 0 Å². The van der Waals surface area contributed by atoms with Crippen molar-refractivity contribution in [2.75, 3.05) is 45.8 Å². The highest BCUT2D eigenvalue weighted by atomic mass is 32.1. The van der Waals surface area contributed by atoms with Gasteiger partial charge in [0.05, 0.1) is 13.2 Å². The van der Waals surface area contributed by atoms with Crippen LogP contribution in [0.1, 0.15) is 30.0 Å². The minimum absolute atomic E-state index is 0.0200. The molecule has 0 saturated carbocycles. The Balaban J connectivity index is 2.17. The van der Waals surface area contributed by atoms with Gasteiger partial charge in [-0.05, 0) is 12.5 Å². The predicted octanol–water partition coefficient (Wildman–Crippen LogP) is 2.15. The highest BCUT2D eigenvalue weighted by molar-refractivity contribution is 7.13. The zero-order valence-corrected chi connectivity index (χ0v) is 19.4. The van der Waals surface area contributed by atoms with E-state index < -0.39 is 6.04 Å². The molecule has 0 aliphatic carbocycles. The van der Waals surface area contributed by atoms with E-state index in [9.17, 15) is 14.4 Å². The Labute approximate surface area is 192 Å². The van der Waals surface area contributed by atoms with E-state index in [2.05, 4.69) is 15.6 Å². The molecule has 0 bridgehead atoms. The van der Waals surface area contributed by atoms with Crippen molar-refractivity contribution in [3.05, 3.63) is 47.0 Å². The number of carbonyl (C=O) groups excluding carboxylic acids is 3. The number of aryl methyl sites for hydroxylation is 1. The maximum Gasteiger partial charge on any atom is 0.247 e. The van der Waals surface area contributed by atoms with Crippen LogP contribution in [0.3, 0.4) is 0 Å². The average molecular weight is 463 g/mol. The number of aromatic nitrogens is 1. The van der Waals surface area contributed by atoms with Crippen molar-refractivity contribution in [3.8, 4) is 0 Å². The number of hydrogen-bond donors (Lipinski definition) is 2. The summed E-state index contributed by atoms with van der Waals surface area (Å²) in [5.41, 5.74) is 1.73. The fraction of sp³-hybridized carbons (Fsp3) is 0.455. The number of thiazole rings is 1. The van der Waals surface area contributed by atoms with E-state index in [-0.39, 0.29) is 43.7 Å². The van der Waals surface area contributed by atoms with E-state index >= 15 is 0 Å². The topological polar surface area (TPSA) is 110 Å². The Morgan fingerprint density at radius 2 is 1.81 bits per heavy atom. The second-order valence-electron chi connectivity index (χ2n) is 7.06. The van der Waals surface area contributed by atoms with Crippen LogP contribution < -0.4 is 10.6 Å². The van der Waals surface area contributed by atoms with Crippen LogP contribution in [0.5, 0.6) is 0 Å². The molecular formula is C22H30N4O5S. The van der Waals surface area contributed by atoms with Gasteiger partial charge in [-0.2, -0.15) is 0 Å². The van der Waals surface area contributed by atoms with Crippen molar-refractivity contribution in [2.45, 2.75) is 25.8 Å². The summed E-state index contributed by atoms with van der Waals surface area (Å²) in [6, 6.07) is 6.60. The van der Waals surface area contributed by atoms with Crippen molar-refractivity contribution >= 4 is 34.2 Å². The van der Waals surface area contributed by atoms with E-state index in [4.69, 9.17) is 9.47 Å². The molecule has 10 heteroatoms. The fourth-order valence-corrected chi connectivity index (χ4v) is 3.56. The van der Waals surface area contributed by atoms with Crippen LogP contribution in [0.25, 0.3) is 0 Å². The van der Waals surface area contributed by atoms with Crippen LogP contribution in [-0.2, 0) is 23.9 Å². The lowest BCUT2D eigenvalue weighted by Crippen LogP contribution is -2.45. The number of nitrogens with one attached hydrogen (secondary N) is 2.